The van der Waals surface area contributed by atoms with Crippen molar-refractivity contribution in [3.05, 3.63) is 0 Å². The van der Waals surface area contributed by atoms with E-state index in [1.54, 1.807) is 11.9 Å². The standard InChI is InChI=1S/C7H11N3O/c1-9-4-5-10(3-2-8)6-7(9)11/h3-6H2,1H3. The van der Waals surface area contributed by atoms with Crippen molar-refractivity contribution in [2.45, 2.75) is 0 Å². The molecular weight excluding hydrogens is 142 g/mol. The van der Waals surface area contributed by atoms with Gasteiger partial charge in [-0.1, -0.05) is 0 Å². The fourth-order valence-electron chi connectivity index (χ4n) is 1.04. The van der Waals surface area contributed by atoms with Gasteiger partial charge in [0.25, 0.3) is 0 Å². The van der Waals surface area contributed by atoms with Crippen LogP contribution in [0.4, 0.5) is 0 Å². The minimum atomic E-state index is 0.103. The van der Waals surface area contributed by atoms with E-state index in [1.807, 2.05) is 11.0 Å². The Hall–Kier alpha value is -1.08. The van der Waals surface area contributed by atoms with Gasteiger partial charge in [0.1, 0.15) is 0 Å². The second kappa shape index (κ2) is 3.35. The van der Waals surface area contributed by atoms with E-state index < -0.39 is 0 Å². The van der Waals surface area contributed by atoms with Crippen LogP contribution >= 0.6 is 0 Å². The molecule has 1 aliphatic rings. The molecule has 1 saturated heterocycles. The number of nitrogens with zero attached hydrogens (tertiary/aromatic N) is 3. The Morgan fingerprint density at radius 2 is 2.36 bits per heavy atom. The first kappa shape index (κ1) is 8.02. The number of piperazine rings is 1. The first-order valence-electron chi connectivity index (χ1n) is 3.57. The molecule has 1 aliphatic heterocycles. The van der Waals surface area contributed by atoms with Gasteiger partial charge in [0.2, 0.25) is 5.91 Å². The molecule has 0 spiro atoms. The van der Waals surface area contributed by atoms with Gasteiger partial charge in [0.05, 0.1) is 19.2 Å². The summed E-state index contributed by atoms with van der Waals surface area (Å²) in [4.78, 5) is 14.6. The second-order valence-corrected chi connectivity index (χ2v) is 2.68. The summed E-state index contributed by atoms with van der Waals surface area (Å²) in [6, 6.07) is 2.03. The Morgan fingerprint density at radius 1 is 1.64 bits per heavy atom. The largest absolute Gasteiger partial charge is 0.343 e. The predicted octanol–water partition coefficient (Wildman–Crippen LogP) is -0.716. The van der Waals surface area contributed by atoms with Crippen LogP contribution in [0, 0.1) is 11.3 Å². The Labute approximate surface area is 66.0 Å². The highest BCUT2D eigenvalue weighted by Crippen LogP contribution is 1.98. The van der Waals surface area contributed by atoms with E-state index in [0.29, 0.717) is 13.1 Å². The Kier molecular flexibility index (Phi) is 2.44. The molecule has 60 valence electrons. The summed E-state index contributed by atoms with van der Waals surface area (Å²) in [5, 5.41) is 8.35. The lowest BCUT2D eigenvalue weighted by atomic mass is 10.3. The zero-order valence-electron chi connectivity index (χ0n) is 6.58. The summed E-state index contributed by atoms with van der Waals surface area (Å²) in [7, 11) is 1.78. The Bertz CT molecular complexity index is 196. The van der Waals surface area contributed by atoms with Crippen LogP contribution in [-0.4, -0.2) is 48.9 Å². The average Bonchev–Trinajstić information content (AvgIpc) is 1.98. The maximum atomic E-state index is 11.1. The van der Waals surface area contributed by atoms with Crippen molar-refractivity contribution in [2.24, 2.45) is 0 Å². The zero-order chi connectivity index (χ0) is 8.27. The lowest BCUT2D eigenvalue weighted by molar-refractivity contribution is -0.134. The summed E-state index contributed by atoms with van der Waals surface area (Å²) >= 11 is 0. The Balaban J connectivity index is 2.41. The summed E-state index contributed by atoms with van der Waals surface area (Å²) in [6.45, 7) is 2.31. The van der Waals surface area contributed by atoms with Gasteiger partial charge < -0.3 is 4.90 Å². The van der Waals surface area contributed by atoms with Gasteiger partial charge >= 0.3 is 0 Å². The molecule has 4 heteroatoms. The first-order chi connectivity index (χ1) is 5.24. The quantitative estimate of drug-likeness (QED) is 0.467. The molecule has 11 heavy (non-hydrogen) atoms. The first-order valence-corrected chi connectivity index (χ1v) is 3.57. The lowest BCUT2D eigenvalue weighted by Crippen LogP contribution is -2.48. The molecule has 0 radical (unpaired) electrons. The zero-order valence-corrected chi connectivity index (χ0v) is 6.58. The highest BCUT2D eigenvalue weighted by molar-refractivity contribution is 5.78. The molecule has 0 atom stereocenters. The molecule has 0 aliphatic carbocycles. The molecule has 1 rings (SSSR count). The Morgan fingerprint density at radius 3 is 2.91 bits per heavy atom. The highest BCUT2D eigenvalue weighted by atomic mass is 16.2. The highest BCUT2D eigenvalue weighted by Gasteiger charge is 2.19. The predicted molar refractivity (Wildman–Crippen MR) is 39.7 cm³/mol. The molecule has 1 heterocycles. The average molecular weight is 153 g/mol. The van der Waals surface area contributed by atoms with Crippen LogP contribution in [0.5, 0.6) is 0 Å². The van der Waals surface area contributed by atoms with Gasteiger partial charge in [0, 0.05) is 20.1 Å². The van der Waals surface area contributed by atoms with E-state index in [4.69, 9.17) is 5.26 Å². The van der Waals surface area contributed by atoms with E-state index in [9.17, 15) is 4.79 Å². The topological polar surface area (TPSA) is 47.3 Å². The van der Waals surface area contributed by atoms with Gasteiger partial charge in [0.15, 0.2) is 0 Å². The monoisotopic (exact) mass is 153 g/mol. The molecule has 0 aromatic carbocycles. The summed E-state index contributed by atoms with van der Waals surface area (Å²) in [6.07, 6.45) is 0. The molecular formula is C7H11N3O. The number of carbonyl (C=O) groups is 1. The van der Waals surface area contributed by atoms with Crippen LogP contribution in [-0.2, 0) is 4.79 Å². The van der Waals surface area contributed by atoms with E-state index in [0.717, 1.165) is 13.1 Å². The van der Waals surface area contributed by atoms with Crippen molar-refractivity contribution in [1.82, 2.24) is 9.80 Å². The van der Waals surface area contributed by atoms with Crippen LogP contribution in [0.25, 0.3) is 0 Å². The number of carbonyl (C=O) groups excluding carboxylic acids is 1. The molecule has 0 aromatic rings. The number of likely N-dealkylation sites (N-methyl/N-ethyl adjacent to an activating group) is 1. The van der Waals surface area contributed by atoms with Crippen LogP contribution in [0.3, 0.4) is 0 Å². The molecule has 0 bridgehead atoms. The van der Waals surface area contributed by atoms with Crippen molar-refractivity contribution in [3.8, 4) is 6.07 Å². The molecule has 0 unspecified atom stereocenters. The molecule has 0 aromatic heterocycles. The van der Waals surface area contributed by atoms with Crippen molar-refractivity contribution in [2.75, 3.05) is 33.2 Å². The van der Waals surface area contributed by atoms with Gasteiger partial charge in [-0.15, -0.1) is 0 Å². The molecule has 0 N–H and O–H groups in total. The van der Waals surface area contributed by atoms with Crippen LogP contribution < -0.4 is 0 Å². The number of hydrogen-bond donors (Lipinski definition) is 0. The van der Waals surface area contributed by atoms with E-state index in [-0.39, 0.29) is 5.91 Å². The lowest BCUT2D eigenvalue weighted by Gasteiger charge is -2.29. The summed E-state index contributed by atoms with van der Waals surface area (Å²) in [5.41, 5.74) is 0. The minimum absolute atomic E-state index is 0.103. The van der Waals surface area contributed by atoms with E-state index >= 15 is 0 Å². The third-order valence-electron chi connectivity index (χ3n) is 1.83. The number of hydrogen-bond acceptors (Lipinski definition) is 3. The van der Waals surface area contributed by atoms with Crippen molar-refractivity contribution < 1.29 is 4.79 Å². The van der Waals surface area contributed by atoms with Crippen LogP contribution in [0.15, 0.2) is 0 Å². The normalized spacial score (nSPS) is 20.0. The molecule has 0 saturated carbocycles. The van der Waals surface area contributed by atoms with E-state index in [1.165, 1.54) is 0 Å². The maximum absolute atomic E-state index is 11.1. The van der Waals surface area contributed by atoms with Crippen LogP contribution in [0.2, 0.25) is 0 Å². The van der Waals surface area contributed by atoms with Crippen LogP contribution in [0.1, 0.15) is 0 Å². The maximum Gasteiger partial charge on any atom is 0.236 e. The second-order valence-electron chi connectivity index (χ2n) is 2.68. The number of nitriles is 1. The fraction of sp³-hybridized carbons (Fsp3) is 0.714. The molecule has 1 fully saturated rings. The van der Waals surface area contributed by atoms with E-state index in [2.05, 4.69) is 0 Å². The van der Waals surface area contributed by atoms with Gasteiger partial charge in [-0.3, -0.25) is 9.69 Å². The number of rotatable bonds is 1. The third-order valence-corrected chi connectivity index (χ3v) is 1.83. The summed E-state index contributed by atoms with van der Waals surface area (Å²) in [5.74, 6) is 0.103. The third kappa shape index (κ3) is 1.92. The fourth-order valence-corrected chi connectivity index (χ4v) is 1.04. The molecule has 4 nitrogen and oxygen atoms in total. The SMILES string of the molecule is CN1CCN(CC#N)CC1=O. The van der Waals surface area contributed by atoms with Gasteiger partial charge in [-0.25, -0.2) is 0 Å². The number of amides is 1. The van der Waals surface area contributed by atoms with Crippen molar-refractivity contribution in [3.63, 3.8) is 0 Å². The van der Waals surface area contributed by atoms with Gasteiger partial charge in [-0.2, -0.15) is 5.26 Å². The van der Waals surface area contributed by atoms with Crippen molar-refractivity contribution >= 4 is 5.91 Å². The smallest absolute Gasteiger partial charge is 0.236 e. The minimum Gasteiger partial charge on any atom is -0.343 e. The van der Waals surface area contributed by atoms with Gasteiger partial charge in [-0.05, 0) is 0 Å². The molecule has 1 amide bonds. The van der Waals surface area contributed by atoms with Crippen molar-refractivity contribution in [1.29, 1.82) is 5.26 Å². The summed E-state index contributed by atoms with van der Waals surface area (Å²) < 4.78 is 0.